The minimum Gasteiger partial charge on any atom is -0.398 e. The third kappa shape index (κ3) is 2.37. The third-order valence-electron chi connectivity index (χ3n) is 3.46. The Morgan fingerprint density at radius 2 is 2.00 bits per heavy atom. The van der Waals surface area contributed by atoms with Crippen molar-refractivity contribution >= 4 is 28.0 Å². The summed E-state index contributed by atoms with van der Waals surface area (Å²) in [6.45, 7) is 1.98. The zero-order valence-corrected chi connectivity index (χ0v) is 11.6. The molecule has 0 unspecified atom stereocenters. The molecule has 2 aromatic carbocycles. The molecule has 1 heterocycles. The first-order valence-electron chi connectivity index (χ1n) is 6.60. The van der Waals surface area contributed by atoms with Crippen molar-refractivity contribution < 1.29 is 0 Å². The lowest BCUT2D eigenvalue weighted by atomic mass is 10.1. The number of nitrogens with two attached hydrogens (primary N) is 1. The summed E-state index contributed by atoms with van der Waals surface area (Å²) in [7, 11) is 0. The normalized spacial score (nSPS) is 10.3. The Bertz CT molecular complexity index is 862. The second-order valence-corrected chi connectivity index (χ2v) is 4.87. The molecule has 3 aromatic rings. The number of nitriles is 1. The van der Waals surface area contributed by atoms with Crippen LogP contribution in [0.3, 0.4) is 0 Å². The fourth-order valence-electron chi connectivity index (χ4n) is 2.29. The van der Waals surface area contributed by atoms with E-state index in [4.69, 9.17) is 11.0 Å². The minimum absolute atomic E-state index is 0.607. The van der Waals surface area contributed by atoms with Gasteiger partial charge in [0, 0.05) is 28.3 Å². The molecule has 3 rings (SSSR count). The molecule has 0 aliphatic rings. The van der Waals surface area contributed by atoms with Gasteiger partial charge >= 0.3 is 0 Å². The zero-order chi connectivity index (χ0) is 14.8. The molecule has 4 heteroatoms. The summed E-state index contributed by atoms with van der Waals surface area (Å²) in [5.74, 6) is 0.731. The van der Waals surface area contributed by atoms with E-state index in [0.29, 0.717) is 5.56 Å². The average molecular weight is 274 g/mol. The molecule has 1 aromatic heterocycles. The van der Waals surface area contributed by atoms with Crippen LogP contribution < -0.4 is 11.1 Å². The summed E-state index contributed by atoms with van der Waals surface area (Å²) in [6.07, 6.45) is 1.73. The van der Waals surface area contributed by atoms with Gasteiger partial charge in [0.25, 0.3) is 0 Å². The summed E-state index contributed by atoms with van der Waals surface area (Å²) < 4.78 is 0. The van der Waals surface area contributed by atoms with Crippen LogP contribution in [0.25, 0.3) is 10.8 Å². The van der Waals surface area contributed by atoms with E-state index in [1.54, 1.807) is 18.3 Å². The second-order valence-electron chi connectivity index (χ2n) is 4.87. The van der Waals surface area contributed by atoms with Crippen molar-refractivity contribution in [3.63, 3.8) is 0 Å². The lowest BCUT2D eigenvalue weighted by molar-refractivity contribution is 1.33. The minimum atomic E-state index is 0.607. The van der Waals surface area contributed by atoms with E-state index in [0.717, 1.165) is 33.5 Å². The topological polar surface area (TPSA) is 74.7 Å². The van der Waals surface area contributed by atoms with Gasteiger partial charge in [0.15, 0.2) is 0 Å². The first kappa shape index (κ1) is 12.9. The van der Waals surface area contributed by atoms with Gasteiger partial charge in [-0.2, -0.15) is 5.26 Å². The Morgan fingerprint density at radius 1 is 1.14 bits per heavy atom. The molecule has 0 spiro atoms. The van der Waals surface area contributed by atoms with Crippen LogP contribution in [0.15, 0.2) is 48.7 Å². The predicted octanol–water partition coefficient (Wildman–Crippen LogP) is 3.74. The fourth-order valence-corrected chi connectivity index (χ4v) is 2.29. The van der Waals surface area contributed by atoms with Gasteiger partial charge in [-0.3, -0.25) is 0 Å². The molecule has 0 radical (unpaired) electrons. The molecule has 3 N–H and O–H groups in total. The maximum atomic E-state index is 8.96. The molecule has 0 saturated carbocycles. The number of nitrogens with one attached hydrogen (secondary N) is 1. The number of fused-ring (bicyclic) bond motifs is 1. The Hall–Kier alpha value is -3.06. The quantitative estimate of drug-likeness (QED) is 0.698. The van der Waals surface area contributed by atoms with E-state index in [1.807, 2.05) is 37.3 Å². The number of nitrogen functional groups attached to an aromatic ring is 1. The summed E-state index contributed by atoms with van der Waals surface area (Å²) in [5.41, 5.74) is 9.38. The van der Waals surface area contributed by atoms with Crippen LogP contribution in [0, 0.1) is 18.3 Å². The van der Waals surface area contributed by atoms with Crippen LogP contribution in [0.4, 0.5) is 17.2 Å². The highest BCUT2D eigenvalue weighted by molar-refractivity contribution is 6.01. The second kappa shape index (κ2) is 5.14. The van der Waals surface area contributed by atoms with Crippen LogP contribution in [0.5, 0.6) is 0 Å². The van der Waals surface area contributed by atoms with Crippen LogP contribution in [0.2, 0.25) is 0 Å². The van der Waals surface area contributed by atoms with Gasteiger partial charge in [0.2, 0.25) is 0 Å². The molecular formula is C17H14N4. The number of hydrogen-bond acceptors (Lipinski definition) is 4. The molecule has 0 saturated heterocycles. The summed E-state index contributed by atoms with van der Waals surface area (Å²) in [4.78, 5) is 4.38. The van der Waals surface area contributed by atoms with Crippen molar-refractivity contribution in [1.82, 2.24) is 4.98 Å². The number of nitrogens with zero attached hydrogens (tertiary/aromatic N) is 2. The monoisotopic (exact) mass is 274 g/mol. The highest BCUT2D eigenvalue weighted by atomic mass is 15.0. The molecule has 4 nitrogen and oxygen atoms in total. The number of hydrogen-bond donors (Lipinski definition) is 2. The van der Waals surface area contributed by atoms with Gasteiger partial charge in [-0.1, -0.05) is 18.2 Å². The molecule has 21 heavy (non-hydrogen) atoms. The average Bonchev–Trinajstić information content (AvgIpc) is 2.52. The Kier molecular flexibility index (Phi) is 3.17. The number of rotatable bonds is 2. The van der Waals surface area contributed by atoms with E-state index in [-0.39, 0.29) is 0 Å². The van der Waals surface area contributed by atoms with Gasteiger partial charge in [-0.15, -0.1) is 0 Å². The number of anilines is 3. The van der Waals surface area contributed by atoms with Crippen molar-refractivity contribution in [3.8, 4) is 6.07 Å². The fraction of sp³-hybridized carbons (Fsp3) is 0.0588. The van der Waals surface area contributed by atoms with Gasteiger partial charge < -0.3 is 11.1 Å². The van der Waals surface area contributed by atoms with E-state index in [1.165, 1.54) is 0 Å². The van der Waals surface area contributed by atoms with E-state index >= 15 is 0 Å². The Labute approximate surface area is 122 Å². The van der Waals surface area contributed by atoms with Gasteiger partial charge in [-0.05, 0) is 36.8 Å². The number of pyridine rings is 1. The summed E-state index contributed by atoms with van der Waals surface area (Å²) in [5, 5.41) is 14.1. The summed E-state index contributed by atoms with van der Waals surface area (Å²) in [6, 6.07) is 15.3. The van der Waals surface area contributed by atoms with Crippen molar-refractivity contribution in [2.24, 2.45) is 0 Å². The first-order valence-corrected chi connectivity index (χ1v) is 6.60. The van der Waals surface area contributed by atoms with E-state index in [2.05, 4.69) is 16.4 Å². The van der Waals surface area contributed by atoms with Gasteiger partial charge in [-0.25, -0.2) is 4.98 Å². The molecule has 0 fully saturated rings. The van der Waals surface area contributed by atoms with Crippen molar-refractivity contribution in [3.05, 3.63) is 59.8 Å². The van der Waals surface area contributed by atoms with Crippen LogP contribution in [-0.2, 0) is 0 Å². The number of aryl methyl sites for hydroxylation is 1. The first-order chi connectivity index (χ1) is 10.2. The SMILES string of the molecule is Cc1ccc2c(Nc3cccc(C#N)c3)nccc2c1N. The molecule has 0 bridgehead atoms. The number of benzene rings is 2. The maximum absolute atomic E-state index is 8.96. The third-order valence-corrected chi connectivity index (χ3v) is 3.46. The van der Waals surface area contributed by atoms with Crippen molar-refractivity contribution in [2.75, 3.05) is 11.1 Å². The molecule has 0 atom stereocenters. The molecule has 0 aliphatic carbocycles. The van der Waals surface area contributed by atoms with Crippen molar-refractivity contribution in [1.29, 1.82) is 5.26 Å². The Balaban J connectivity index is 2.09. The lowest BCUT2D eigenvalue weighted by Crippen LogP contribution is -1.97. The van der Waals surface area contributed by atoms with Gasteiger partial charge in [0.05, 0.1) is 11.6 Å². The molecule has 102 valence electrons. The smallest absolute Gasteiger partial charge is 0.138 e. The van der Waals surface area contributed by atoms with Crippen LogP contribution in [-0.4, -0.2) is 4.98 Å². The standard InChI is InChI=1S/C17H14N4/c1-11-5-6-15-14(16(11)19)7-8-20-17(15)21-13-4-2-3-12(9-13)10-18/h2-9H,19H2,1H3,(H,20,21). The van der Waals surface area contributed by atoms with E-state index in [9.17, 15) is 0 Å². The summed E-state index contributed by atoms with van der Waals surface area (Å²) >= 11 is 0. The Morgan fingerprint density at radius 3 is 2.81 bits per heavy atom. The highest BCUT2D eigenvalue weighted by Gasteiger charge is 2.07. The molecular weight excluding hydrogens is 260 g/mol. The molecule has 0 amide bonds. The number of aromatic nitrogens is 1. The lowest BCUT2D eigenvalue weighted by Gasteiger charge is -2.11. The van der Waals surface area contributed by atoms with Crippen LogP contribution >= 0.6 is 0 Å². The van der Waals surface area contributed by atoms with Gasteiger partial charge in [0.1, 0.15) is 5.82 Å². The highest BCUT2D eigenvalue weighted by Crippen LogP contribution is 2.30. The van der Waals surface area contributed by atoms with Crippen molar-refractivity contribution in [2.45, 2.75) is 6.92 Å². The largest absolute Gasteiger partial charge is 0.398 e. The van der Waals surface area contributed by atoms with E-state index < -0.39 is 0 Å². The molecule has 0 aliphatic heterocycles. The maximum Gasteiger partial charge on any atom is 0.138 e. The predicted molar refractivity (Wildman–Crippen MR) is 85.3 cm³/mol. The van der Waals surface area contributed by atoms with Crippen LogP contribution in [0.1, 0.15) is 11.1 Å². The zero-order valence-electron chi connectivity index (χ0n) is 11.6.